The third-order valence-corrected chi connectivity index (χ3v) is 4.53. The van der Waals surface area contributed by atoms with Crippen LogP contribution in [0.25, 0.3) is 16.9 Å². The van der Waals surface area contributed by atoms with Gasteiger partial charge in [-0.15, -0.1) is 0 Å². The minimum absolute atomic E-state index is 0.170. The quantitative estimate of drug-likeness (QED) is 0.546. The average Bonchev–Trinajstić information content (AvgIpc) is 3.22. The lowest BCUT2D eigenvalue weighted by Crippen LogP contribution is -2.26. The van der Waals surface area contributed by atoms with Crippen molar-refractivity contribution >= 4 is 5.91 Å². The number of amides is 1. The number of hydrogen-bond donors (Lipinski definition) is 2. The first-order chi connectivity index (χ1) is 14.2. The first kappa shape index (κ1) is 20.4. The maximum Gasteiger partial charge on any atom is 0.255 e. The molecule has 3 aromatic rings. The molecule has 0 spiro atoms. The number of hydrogen-bond acceptors (Lipinski definition) is 5. The highest BCUT2D eigenvalue weighted by Gasteiger charge is 2.21. The fraction of sp³-hybridized carbons (Fsp3) is 0.273. The molecule has 7 nitrogen and oxygen atoms in total. The summed E-state index contributed by atoms with van der Waals surface area (Å²) in [7, 11) is 5.08. The molecule has 0 aliphatic heterocycles. The van der Waals surface area contributed by atoms with Crippen LogP contribution in [0.5, 0.6) is 11.5 Å². The second-order valence-corrected chi connectivity index (χ2v) is 6.45. The maximum absolute atomic E-state index is 12.9. The molecule has 0 unspecified atom stereocenters. The normalized spacial score (nSPS) is 10.6. The SMILES string of the molecule is CNCCCNC(=O)c1cn(-c2ccccc2)nc1-c1ccc(OC)cc1OC. The van der Waals surface area contributed by atoms with Crippen molar-refractivity contribution in [3.05, 3.63) is 60.3 Å². The van der Waals surface area contributed by atoms with Crippen molar-refractivity contribution in [1.82, 2.24) is 20.4 Å². The number of carbonyl (C=O) groups is 1. The fourth-order valence-electron chi connectivity index (χ4n) is 3.01. The summed E-state index contributed by atoms with van der Waals surface area (Å²) in [6, 6.07) is 15.2. The number of para-hydroxylation sites is 1. The van der Waals surface area contributed by atoms with Crippen LogP contribution < -0.4 is 20.1 Å². The van der Waals surface area contributed by atoms with Gasteiger partial charge in [0.1, 0.15) is 17.2 Å². The zero-order valence-corrected chi connectivity index (χ0v) is 16.9. The van der Waals surface area contributed by atoms with Crippen LogP contribution in [0, 0.1) is 0 Å². The van der Waals surface area contributed by atoms with Crippen LogP contribution in [0.2, 0.25) is 0 Å². The molecule has 152 valence electrons. The van der Waals surface area contributed by atoms with E-state index >= 15 is 0 Å². The molecular formula is C22H26N4O3. The molecule has 0 bridgehead atoms. The summed E-state index contributed by atoms with van der Waals surface area (Å²) in [5.74, 6) is 1.09. The highest BCUT2D eigenvalue weighted by atomic mass is 16.5. The largest absolute Gasteiger partial charge is 0.497 e. The molecule has 2 aromatic carbocycles. The van der Waals surface area contributed by atoms with Crippen LogP contribution in [-0.4, -0.2) is 50.0 Å². The van der Waals surface area contributed by atoms with Gasteiger partial charge < -0.3 is 20.1 Å². The van der Waals surface area contributed by atoms with E-state index in [2.05, 4.69) is 10.6 Å². The second kappa shape index (κ2) is 9.75. The van der Waals surface area contributed by atoms with Gasteiger partial charge in [0.2, 0.25) is 0 Å². The first-order valence-corrected chi connectivity index (χ1v) is 9.48. The first-order valence-electron chi connectivity index (χ1n) is 9.48. The van der Waals surface area contributed by atoms with Gasteiger partial charge in [0.25, 0.3) is 5.91 Å². The molecular weight excluding hydrogens is 368 g/mol. The summed E-state index contributed by atoms with van der Waals surface area (Å²) in [6.07, 6.45) is 2.60. The molecule has 29 heavy (non-hydrogen) atoms. The number of nitrogens with one attached hydrogen (secondary N) is 2. The number of carbonyl (C=O) groups excluding carboxylic acids is 1. The van der Waals surface area contributed by atoms with Crippen molar-refractivity contribution in [2.45, 2.75) is 6.42 Å². The Hall–Kier alpha value is -3.32. The van der Waals surface area contributed by atoms with E-state index in [1.807, 2.05) is 49.5 Å². The van der Waals surface area contributed by atoms with E-state index in [0.717, 1.165) is 24.2 Å². The van der Waals surface area contributed by atoms with E-state index in [1.165, 1.54) is 0 Å². The highest BCUT2D eigenvalue weighted by molar-refractivity contribution is 6.00. The van der Waals surface area contributed by atoms with Crippen LogP contribution in [0.3, 0.4) is 0 Å². The molecule has 7 heteroatoms. The fourth-order valence-corrected chi connectivity index (χ4v) is 3.01. The van der Waals surface area contributed by atoms with E-state index in [-0.39, 0.29) is 5.91 Å². The number of benzene rings is 2. The summed E-state index contributed by atoms with van der Waals surface area (Å²) in [6.45, 7) is 1.41. The van der Waals surface area contributed by atoms with E-state index in [4.69, 9.17) is 14.6 Å². The molecule has 1 aromatic heterocycles. The van der Waals surface area contributed by atoms with Gasteiger partial charge in [0.05, 0.1) is 25.5 Å². The summed E-state index contributed by atoms with van der Waals surface area (Å²) in [5, 5.41) is 10.7. The molecule has 2 N–H and O–H groups in total. The van der Waals surface area contributed by atoms with Crippen LogP contribution >= 0.6 is 0 Å². The third kappa shape index (κ3) is 4.75. The van der Waals surface area contributed by atoms with Crippen LogP contribution in [0.15, 0.2) is 54.7 Å². The van der Waals surface area contributed by atoms with E-state index in [0.29, 0.717) is 29.3 Å². The highest BCUT2D eigenvalue weighted by Crippen LogP contribution is 2.34. The maximum atomic E-state index is 12.9. The number of rotatable bonds is 9. The molecule has 0 saturated carbocycles. The Balaban J connectivity index is 2.02. The van der Waals surface area contributed by atoms with E-state index in [1.54, 1.807) is 31.2 Å². The number of aromatic nitrogens is 2. The molecule has 3 rings (SSSR count). The van der Waals surface area contributed by atoms with Crippen LogP contribution in [0.4, 0.5) is 0 Å². The lowest BCUT2D eigenvalue weighted by Gasteiger charge is -2.10. The summed E-state index contributed by atoms with van der Waals surface area (Å²) >= 11 is 0. The Bertz CT molecular complexity index is 954. The Morgan fingerprint density at radius 1 is 1.07 bits per heavy atom. The zero-order chi connectivity index (χ0) is 20.6. The van der Waals surface area contributed by atoms with Crippen molar-refractivity contribution in [3.63, 3.8) is 0 Å². The van der Waals surface area contributed by atoms with Crippen molar-refractivity contribution in [3.8, 4) is 28.4 Å². The van der Waals surface area contributed by atoms with Gasteiger partial charge in [-0.1, -0.05) is 18.2 Å². The van der Waals surface area contributed by atoms with E-state index < -0.39 is 0 Å². The van der Waals surface area contributed by atoms with E-state index in [9.17, 15) is 4.79 Å². The summed E-state index contributed by atoms with van der Waals surface area (Å²) in [4.78, 5) is 12.9. The molecule has 1 heterocycles. The molecule has 0 atom stereocenters. The average molecular weight is 394 g/mol. The minimum Gasteiger partial charge on any atom is -0.497 e. The van der Waals surface area contributed by atoms with Gasteiger partial charge in [0.15, 0.2) is 0 Å². The second-order valence-electron chi connectivity index (χ2n) is 6.45. The molecule has 0 aliphatic carbocycles. The van der Waals surface area contributed by atoms with Gasteiger partial charge in [-0.25, -0.2) is 4.68 Å². The number of methoxy groups -OCH3 is 2. The Kier molecular flexibility index (Phi) is 6.86. The Morgan fingerprint density at radius 3 is 2.55 bits per heavy atom. The van der Waals surface area contributed by atoms with Crippen LogP contribution in [-0.2, 0) is 0 Å². The smallest absolute Gasteiger partial charge is 0.255 e. The van der Waals surface area contributed by atoms with Crippen molar-refractivity contribution in [2.75, 3.05) is 34.4 Å². The Labute approximate surface area is 170 Å². The van der Waals surface area contributed by atoms with Crippen molar-refractivity contribution in [1.29, 1.82) is 0 Å². The number of ether oxygens (including phenoxy) is 2. The topological polar surface area (TPSA) is 77.4 Å². The molecule has 0 saturated heterocycles. The number of nitrogens with zero attached hydrogens (tertiary/aromatic N) is 2. The molecule has 0 aliphatic rings. The van der Waals surface area contributed by atoms with Gasteiger partial charge >= 0.3 is 0 Å². The van der Waals surface area contributed by atoms with Crippen molar-refractivity contribution in [2.24, 2.45) is 0 Å². The minimum atomic E-state index is -0.170. The Morgan fingerprint density at radius 2 is 1.86 bits per heavy atom. The standard InChI is InChI=1S/C22H26N4O3/c1-23-12-7-13-24-22(27)19-15-26(16-8-5-4-6-9-16)25-21(19)18-11-10-17(28-2)14-20(18)29-3/h4-6,8-11,14-15,23H,7,12-13H2,1-3H3,(H,24,27). The molecule has 0 radical (unpaired) electrons. The van der Waals surface area contributed by atoms with Gasteiger partial charge in [-0.2, -0.15) is 5.10 Å². The predicted molar refractivity (Wildman–Crippen MR) is 113 cm³/mol. The lowest BCUT2D eigenvalue weighted by molar-refractivity contribution is 0.0954. The van der Waals surface area contributed by atoms with Gasteiger partial charge in [0, 0.05) is 24.4 Å². The van der Waals surface area contributed by atoms with Crippen LogP contribution in [0.1, 0.15) is 16.8 Å². The monoisotopic (exact) mass is 394 g/mol. The van der Waals surface area contributed by atoms with Crippen molar-refractivity contribution < 1.29 is 14.3 Å². The summed E-state index contributed by atoms with van der Waals surface area (Å²) in [5.41, 5.74) is 2.64. The molecule has 1 amide bonds. The predicted octanol–water partition coefficient (Wildman–Crippen LogP) is 2.90. The third-order valence-electron chi connectivity index (χ3n) is 4.53. The molecule has 0 fully saturated rings. The van der Waals surface area contributed by atoms with Gasteiger partial charge in [-0.3, -0.25) is 4.79 Å². The zero-order valence-electron chi connectivity index (χ0n) is 16.9. The lowest BCUT2D eigenvalue weighted by atomic mass is 10.1. The van der Waals surface area contributed by atoms with Gasteiger partial charge in [-0.05, 0) is 44.3 Å². The summed E-state index contributed by atoms with van der Waals surface area (Å²) < 4.78 is 12.5.